The van der Waals surface area contributed by atoms with Gasteiger partial charge in [0.1, 0.15) is 17.3 Å². The van der Waals surface area contributed by atoms with Gasteiger partial charge in [0.05, 0.1) is 4.47 Å². The van der Waals surface area contributed by atoms with Crippen molar-refractivity contribution in [3.63, 3.8) is 0 Å². The predicted molar refractivity (Wildman–Crippen MR) is 61.0 cm³/mol. The number of benzene rings is 1. The maximum atomic E-state index is 13.1. The molecule has 16 heavy (non-hydrogen) atoms. The van der Waals surface area contributed by atoms with Crippen molar-refractivity contribution < 1.29 is 8.78 Å². The first-order valence-electron chi connectivity index (χ1n) is 4.64. The van der Waals surface area contributed by atoms with Crippen molar-refractivity contribution in [3.8, 4) is 11.3 Å². The molecule has 0 saturated heterocycles. The Morgan fingerprint density at radius 3 is 2.19 bits per heavy atom. The summed E-state index contributed by atoms with van der Waals surface area (Å²) in [6.45, 7) is 1.87. The Labute approximate surface area is 100 Å². The highest BCUT2D eigenvalue weighted by atomic mass is 79.9. The molecule has 0 spiro atoms. The molecule has 0 atom stereocenters. The van der Waals surface area contributed by atoms with Gasteiger partial charge in [0.2, 0.25) is 0 Å². The monoisotopic (exact) mass is 286 g/mol. The number of aryl methyl sites for hydroxylation is 1. The predicted octanol–water partition coefficient (Wildman–Crippen LogP) is 3.44. The van der Waals surface area contributed by atoms with E-state index in [-0.39, 0.29) is 0 Å². The van der Waals surface area contributed by atoms with Gasteiger partial charge in [-0.05, 0) is 35.0 Å². The van der Waals surface area contributed by atoms with Gasteiger partial charge < -0.3 is 0 Å². The van der Waals surface area contributed by atoms with Gasteiger partial charge in [0, 0.05) is 24.4 Å². The molecule has 0 fully saturated rings. The van der Waals surface area contributed by atoms with Crippen molar-refractivity contribution in [2.75, 3.05) is 0 Å². The summed E-state index contributed by atoms with van der Waals surface area (Å²) in [7, 11) is 1.78. The van der Waals surface area contributed by atoms with E-state index in [4.69, 9.17) is 0 Å². The molecule has 0 aliphatic heterocycles. The Bertz CT molecular complexity index is 529. The molecule has 2 aromatic rings. The first-order valence-corrected chi connectivity index (χ1v) is 5.44. The van der Waals surface area contributed by atoms with Gasteiger partial charge in [-0.1, -0.05) is 0 Å². The summed E-state index contributed by atoms with van der Waals surface area (Å²) < 4.78 is 28.5. The lowest BCUT2D eigenvalue weighted by molar-refractivity contribution is 0.584. The average Bonchev–Trinajstić information content (AvgIpc) is 2.44. The molecule has 0 amide bonds. The van der Waals surface area contributed by atoms with Crippen LogP contribution >= 0.6 is 15.9 Å². The van der Waals surface area contributed by atoms with E-state index in [1.54, 1.807) is 11.7 Å². The van der Waals surface area contributed by atoms with E-state index < -0.39 is 11.6 Å². The van der Waals surface area contributed by atoms with Gasteiger partial charge >= 0.3 is 0 Å². The fraction of sp³-hybridized carbons (Fsp3) is 0.182. The van der Waals surface area contributed by atoms with Crippen molar-refractivity contribution >= 4 is 15.9 Å². The highest BCUT2D eigenvalue weighted by Gasteiger charge is 2.13. The molecule has 0 N–H and O–H groups in total. The van der Waals surface area contributed by atoms with Gasteiger partial charge in [0.25, 0.3) is 0 Å². The first-order chi connectivity index (χ1) is 7.49. The molecule has 1 aromatic carbocycles. The van der Waals surface area contributed by atoms with Crippen molar-refractivity contribution in [1.82, 2.24) is 9.78 Å². The molecule has 2 nitrogen and oxygen atoms in total. The number of nitrogens with zero attached hydrogens (tertiary/aromatic N) is 2. The molecule has 0 radical (unpaired) electrons. The van der Waals surface area contributed by atoms with E-state index in [1.807, 2.05) is 6.92 Å². The van der Waals surface area contributed by atoms with Crippen LogP contribution in [0.4, 0.5) is 8.78 Å². The lowest BCUT2D eigenvalue weighted by atomic mass is 10.1. The average molecular weight is 287 g/mol. The zero-order valence-electron chi connectivity index (χ0n) is 8.76. The van der Waals surface area contributed by atoms with Crippen molar-refractivity contribution in [3.05, 3.63) is 40.0 Å². The Morgan fingerprint density at radius 1 is 1.19 bits per heavy atom. The van der Waals surface area contributed by atoms with Crippen LogP contribution in [0.3, 0.4) is 0 Å². The second-order valence-electron chi connectivity index (χ2n) is 3.53. The summed E-state index contributed by atoms with van der Waals surface area (Å²) in [5.74, 6) is -1.21. The van der Waals surface area contributed by atoms with Crippen molar-refractivity contribution in [2.45, 2.75) is 6.92 Å². The molecule has 0 unspecified atom stereocenters. The minimum Gasteiger partial charge on any atom is -0.271 e. The molecule has 0 saturated carbocycles. The smallest absolute Gasteiger partial charge is 0.126 e. The summed E-state index contributed by atoms with van der Waals surface area (Å²) in [5.41, 5.74) is 1.87. The Morgan fingerprint density at radius 2 is 1.75 bits per heavy atom. The van der Waals surface area contributed by atoms with Crippen LogP contribution in [0.2, 0.25) is 0 Å². The van der Waals surface area contributed by atoms with Crippen molar-refractivity contribution in [2.24, 2.45) is 7.05 Å². The summed E-state index contributed by atoms with van der Waals surface area (Å²) in [5, 5.41) is 4.20. The van der Waals surface area contributed by atoms with E-state index in [0.717, 1.165) is 16.2 Å². The van der Waals surface area contributed by atoms with Crippen LogP contribution in [0.5, 0.6) is 0 Å². The van der Waals surface area contributed by atoms with E-state index in [1.165, 1.54) is 12.1 Å². The third kappa shape index (κ3) is 1.87. The van der Waals surface area contributed by atoms with Crippen molar-refractivity contribution in [1.29, 1.82) is 0 Å². The van der Waals surface area contributed by atoms with Gasteiger partial charge in [-0.2, -0.15) is 5.10 Å². The van der Waals surface area contributed by atoms with E-state index in [9.17, 15) is 8.78 Å². The summed E-state index contributed by atoms with van der Waals surface area (Å²) >= 11 is 3.36. The maximum absolute atomic E-state index is 13.1. The molecule has 84 valence electrons. The number of hydrogen-bond acceptors (Lipinski definition) is 1. The first kappa shape index (κ1) is 11.3. The van der Waals surface area contributed by atoms with Crippen LogP contribution in [-0.4, -0.2) is 9.78 Å². The highest BCUT2D eigenvalue weighted by molar-refractivity contribution is 9.10. The molecule has 2 rings (SSSR count). The Hall–Kier alpha value is -1.23. The van der Waals surface area contributed by atoms with E-state index >= 15 is 0 Å². The minimum absolute atomic E-state index is 0.424. The summed E-state index contributed by atoms with van der Waals surface area (Å²) in [6, 6.07) is 3.36. The standard InChI is InChI=1S/C11H9BrF2N2/c1-6-10(12)11(15-16(6)2)7-3-8(13)5-9(14)4-7/h3-5H,1-2H3. The number of halogens is 3. The van der Waals surface area contributed by atoms with Crippen LogP contribution in [0.25, 0.3) is 11.3 Å². The summed E-state index contributed by atoms with van der Waals surface area (Å²) in [6.07, 6.45) is 0. The van der Waals surface area contributed by atoms with Gasteiger partial charge in [-0.3, -0.25) is 4.68 Å². The van der Waals surface area contributed by atoms with Gasteiger partial charge in [-0.25, -0.2) is 8.78 Å². The van der Waals surface area contributed by atoms with Crippen LogP contribution in [0.15, 0.2) is 22.7 Å². The molecular formula is C11H9BrF2N2. The highest BCUT2D eigenvalue weighted by Crippen LogP contribution is 2.30. The van der Waals surface area contributed by atoms with Crippen LogP contribution in [-0.2, 0) is 7.05 Å². The number of aromatic nitrogens is 2. The normalized spacial score (nSPS) is 10.8. The Kier molecular flexibility index (Phi) is 2.80. The lowest BCUT2D eigenvalue weighted by Gasteiger charge is -1.99. The molecule has 0 aliphatic rings. The van der Waals surface area contributed by atoms with Gasteiger partial charge in [-0.15, -0.1) is 0 Å². The maximum Gasteiger partial charge on any atom is 0.126 e. The topological polar surface area (TPSA) is 17.8 Å². The minimum atomic E-state index is -0.606. The fourth-order valence-electron chi connectivity index (χ4n) is 1.46. The SMILES string of the molecule is Cc1c(Br)c(-c2cc(F)cc(F)c2)nn1C. The largest absolute Gasteiger partial charge is 0.271 e. The molecule has 1 aromatic heterocycles. The third-order valence-electron chi connectivity index (χ3n) is 2.40. The zero-order chi connectivity index (χ0) is 11.9. The summed E-state index contributed by atoms with van der Waals surface area (Å²) in [4.78, 5) is 0. The lowest BCUT2D eigenvalue weighted by Crippen LogP contribution is -1.92. The van der Waals surface area contributed by atoms with Gasteiger partial charge in [0.15, 0.2) is 0 Å². The fourth-order valence-corrected chi connectivity index (χ4v) is 2.02. The second-order valence-corrected chi connectivity index (χ2v) is 4.32. The molecule has 5 heteroatoms. The second kappa shape index (κ2) is 3.97. The quantitative estimate of drug-likeness (QED) is 0.785. The van der Waals surface area contributed by atoms with E-state index in [2.05, 4.69) is 21.0 Å². The number of hydrogen-bond donors (Lipinski definition) is 0. The van der Waals surface area contributed by atoms with E-state index in [0.29, 0.717) is 11.3 Å². The number of rotatable bonds is 1. The van der Waals surface area contributed by atoms with Crippen LogP contribution < -0.4 is 0 Å². The molecular weight excluding hydrogens is 278 g/mol. The molecule has 1 heterocycles. The van der Waals surface area contributed by atoms with Crippen LogP contribution in [0, 0.1) is 18.6 Å². The molecule has 0 bridgehead atoms. The Balaban J connectivity index is 2.62. The third-order valence-corrected chi connectivity index (χ3v) is 3.35. The molecule has 0 aliphatic carbocycles. The van der Waals surface area contributed by atoms with Crippen LogP contribution in [0.1, 0.15) is 5.69 Å². The zero-order valence-corrected chi connectivity index (χ0v) is 10.3.